The second-order valence-electron chi connectivity index (χ2n) is 5.99. The van der Waals surface area contributed by atoms with Crippen LogP contribution in [0.5, 0.6) is 0 Å². The van der Waals surface area contributed by atoms with Crippen molar-refractivity contribution in [2.24, 2.45) is 16.2 Å². The molecule has 4 atom stereocenters. The number of rotatable bonds is 4. The topological polar surface area (TPSA) is 67.8 Å². The number of ether oxygens (including phenoxy) is 1. The molecule has 1 amide bonds. The summed E-state index contributed by atoms with van der Waals surface area (Å²) in [5.41, 5.74) is 0. The van der Waals surface area contributed by atoms with Crippen LogP contribution in [-0.4, -0.2) is 35.2 Å². The van der Waals surface area contributed by atoms with Gasteiger partial charge in [-0.3, -0.25) is 0 Å². The van der Waals surface area contributed by atoms with Crippen LogP contribution in [0.3, 0.4) is 0 Å². The summed E-state index contributed by atoms with van der Waals surface area (Å²) in [6.45, 7) is 6.06. The Hall–Kier alpha value is -1.56. The van der Waals surface area contributed by atoms with E-state index in [9.17, 15) is 9.00 Å². The summed E-state index contributed by atoms with van der Waals surface area (Å²) in [6, 6.07) is 9.02. The predicted octanol–water partition coefficient (Wildman–Crippen LogP) is 2.91. The molecule has 1 fully saturated rings. The third-order valence-corrected chi connectivity index (χ3v) is 6.59. The molecule has 1 aliphatic rings. The first-order valence-electron chi connectivity index (χ1n) is 7.52. The molecule has 1 heterocycles. The van der Waals surface area contributed by atoms with Crippen LogP contribution in [0.15, 0.2) is 39.6 Å². The van der Waals surface area contributed by atoms with Crippen molar-refractivity contribution in [3.8, 4) is 0 Å². The molecule has 1 aromatic rings. The Bertz CT molecular complexity index is 636. The minimum absolute atomic E-state index is 0.101. The molecule has 1 saturated heterocycles. The van der Waals surface area contributed by atoms with Crippen molar-refractivity contribution in [1.29, 1.82) is 0 Å². The zero-order valence-corrected chi connectivity index (χ0v) is 14.3. The summed E-state index contributed by atoms with van der Waals surface area (Å²) < 4.78 is 22.7. The quantitative estimate of drug-likeness (QED) is 0.926. The number of nitrogens with zero attached hydrogens (tertiary/aromatic N) is 1. The van der Waals surface area contributed by atoms with Crippen LogP contribution in [0.1, 0.15) is 20.8 Å². The summed E-state index contributed by atoms with van der Waals surface area (Å²) in [6.07, 6.45) is -0.643. The summed E-state index contributed by atoms with van der Waals surface area (Å²) in [5, 5.41) is 2.84. The molecule has 1 aliphatic heterocycles. The van der Waals surface area contributed by atoms with Gasteiger partial charge in [-0.2, -0.15) is 0 Å². The van der Waals surface area contributed by atoms with Gasteiger partial charge in [0.25, 0.3) is 0 Å². The van der Waals surface area contributed by atoms with E-state index in [0.29, 0.717) is 16.6 Å². The second-order valence-corrected chi connectivity index (χ2v) is 8.44. The highest BCUT2D eigenvalue weighted by Gasteiger charge is 2.39. The molecule has 0 bridgehead atoms. The lowest BCUT2D eigenvalue weighted by molar-refractivity contribution is 0.0128. The molecule has 122 valence electrons. The van der Waals surface area contributed by atoms with Gasteiger partial charge in [0.2, 0.25) is 0 Å². The predicted molar refractivity (Wildman–Crippen MR) is 87.3 cm³/mol. The van der Waals surface area contributed by atoms with Gasteiger partial charge in [-0.15, -0.1) is 0 Å². The molecule has 2 rings (SSSR count). The Morgan fingerprint density at radius 2 is 1.95 bits per heavy atom. The molecule has 1 N–H and O–H groups in total. The van der Waals surface area contributed by atoms with Gasteiger partial charge in [0.1, 0.15) is 6.10 Å². The van der Waals surface area contributed by atoms with E-state index in [4.69, 9.17) is 4.74 Å². The summed E-state index contributed by atoms with van der Waals surface area (Å²) >= 11 is 0. The zero-order valence-electron chi connectivity index (χ0n) is 13.5. The van der Waals surface area contributed by atoms with Crippen molar-refractivity contribution < 1.29 is 13.7 Å². The maximum absolute atomic E-state index is 13.2. The highest BCUT2D eigenvalue weighted by atomic mass is 32.2. The molecule has 0 radical (unpaired) electrons. The Balaban J connectivity index is 2.33. The van der Waals surface area contributed by atoms with Crippen molar-refractivity contribution in [1.82, 2.24) is 5.32 Å². The first-order chi connectivity index (χ1) is 10.4. The van der Waals surface area contributed by atoms with E-state index in [1.807, 2.05) is 37.3 Å². The van der Waals surface area contributed by atoms with E-state index in [0.717, 1.165) is 0 Å². The number of alkyl carbamates (subject to hydrolysis) is 1. The maximum Gasteiger partial charge on any atom is 0.407 e. The molecular formula is C16H24N2O3S. The normalized spacial score (nSPS) is 27.7. The number of benzene rings is 1. The van der Waals surface area contributed by atoms with E-state index in [1.165, 1.54) is 0 Å². The molecular weight excluding hydrogens is 300 g/mol. The molecule has 5 nitrogen and oxygen atoms in total. The summed E-state index contributed by atoms with van der Waals surface area (Å²) in [4.78, 5) is 12.4. The fourth-order valence-electron chi connectivity index (χ4n) is 3.17. The van der Waals surface area contributed by atoms with Gasteiger partial charge < -0.3 is 10.1 Å². The Kier molecular flexibility index (Phi) is 5.11. The number of nitrogens with one attached hydrogen (secondary N) is 1. The van der Waals surface area contributed by atoms with E-state index < -0.39 is 15.8 Å². The van der Waals surface area contributed by atoms with Crippen LogP contribution in [0.2, 0.25) is 0 Å². The monoisotopic (exact) mass is 324 g/mol. The van der Waals surface area contributed by atoms with Gasteiger partial charge in [-0.05, 0) is 25.0 Å². The second kappa shape index (κ2) is 6.69. The average molecular weight is 324 g/mol. The fourth-order valence-corrected chi connectivity index (χ4v) is 5.10. The molecule has 0 unspecified atom stereocenters. The Labute approximate surface area is 132 Å². The number of carbonyl (C=O) groups excluding carboxylic acids is 1. The van der Waals surface area contributed by atoms with Gasteiger partial charge in [0.05, 0.1) is 21.5 Å². The van der Waals surface area contributed by atoms with E-state index in [-0.39, 0.29) is 18.1 Å². The van der Waals surface area contributed by atoms with Crippen LogP contribution in [-0.2, 0) is 14.5 Å². The van der Waals surface area contributed by atoms with Crippen molar-refractivity contribution in [2.45, 2.75) is 37.8 Å². The van der Waals surface area contributed by atoms with Crippen LogP contribution < -0.4 is 5.32 Å². The van der Waals surface area contributed by atoms with Crippen molar-refractivity contribution >= 4 is 15.8 Å². The number of cyclic esters (lactones) is 1. The number of hydrogen-bond acceptors (Lipinski definition) is 4. The average Bonchev–Trinajstić information content (AvgIpc) is 2.46. The smallest absolute Gasteiger partial charge is 0.407 e. The van der Waals surface area contributed by atoms with E-state index in [2.05, 4.69) is 23.5 Å². The molecule has 1 aromatic carbocycles. The third-order valence-electron chi connectivity index (χ3n) is 4.18. The summed E-state index contributed by atoms with van der Waals surface area (Å²) in [7, 11) is -0.990. The van der Waals surface area contributed by atoms with E-state index in [1.54, 1.807) is 7.05 Å². The molecule has 0 saturated carbocycles. The molecule has 0 aromatic heterocycles. The van der Waals surface area contributed by atoms with Gasteiger partial charge in [0, 0.05) is 17.9 Å². The van der Waals surface area contributed by atoms with Gasteiger partial charge in [-0.25, -0.2) is 13.4 Å². The largest absolute Gasteiger partial charge is 0.446 e. The van der Waals surface area contributed by atoms with Gasteiger partial charge in [0.15, 0.2) is 0 Å². The number of carbonyl (C=O) groups is 1. The minimum Gasteiger partial charge on any atom is -0.446 e. The first kappa shape index (κ1) is 16.8. The minimum atomic E-state index is -2.56. The Morgan fingerprint density at radius 3 is 2.50 bits per heavy atom. The number of hydrogen-bond donors (Lipinski definition) is 1. The SMILES string of the molecule is CN=[S@](=O)(C[C@H]1NC(=O)O[C@@H](C)[C@@H]1C(C)C)c1ccccc1. The van der Waals surface area contributed by atoms with Crippen molar-refractivity contribution in [3.63, 3.8) is 0 Å². The van der Waals surface area contributed by atoms with Crippen LogP contribution in [0, 0.1) is 11.8 Å². The fraction of sp³-hybridized carbons (Fsp3) is 0.562. The maximum atomic E-state index is 13.2. The highest BCUT2D eigenvalue weighted by Crippen LogP contribution is 2.28. The van der Waals surface area contributed by atoms with Crippen molar-refractivity contribution in [3.05, 3.63) is 30.3 Å². The standard InChI is InChI=1S/C16H24N2O3S/c1-11(2)15-12(3)21-16(19)18-14(15)10-22(20,17-4)13-8-6-5-7-9-13/h5-9,11-12,14-15H,10H2,1-4H3,(H,18,19)/t12-,14+,15-,22-/m0/s1. The van der Waals surface area contributed by atoms with Crippen LogP contribution >= 0.6 is 0 Å². The molecule has 0 spiro atoms. The lowest BCUT2D eigenvalue weighted by Gasteiger charge is -2.39. The van der Waals surface area contributed by atoms with Gasteiger partial charge >= 0.3 is 6.09 Å². The van der Waals surface area contributed by atoms with Crippen molar-refractivity contribution in [2.75, 3.05) is 12.8 Å². The molecule has 0 aliphatic carbocycles. The third kappa shape index (κ3) is 3.43. The summed E-state index contributed by atoms with van der Waals surface area (Å²) in [5.74, 6) is 0.705. The highest BCUT2D eigenvalue weighted by molar-refractivity contribution is 7.93. The van der Waals surface area contributed by atoms with Gasteiger partial charge in [-0.1, -0.05) is 32.0 Å². The van der Waals surface area contributed by atoms with Crippen LogP contribution in [0.4, 0.5) is 4.79 Å². The van der Waals surface area contributed by atoms with Crippen LogP contribution in [0.25, 0.3) is 0 Å². The lowest BCUT2D eigenvalue weighted by atomic mass is 9.84. The van der Waals surface area contributed by atoms with E-state index >= 15 is 0 Å². The lowest BCUT2D eigenvalue weighted by Crippen LogP contribution is -2.56. The molecule has 6 heteroatoms. The Morgan fingerprint density at radius 1 is 1.32 bits per heavy atom. The zero-order chi connectivity index (χ0) is 16.3. The number of amides is 1. The molecule has 22 heavy (non-hydrogen) atoms. The first-order valence-corrected chi connectivity index (χ1v) is 9.21.